The van der Waals surface area contributed by atoms with Gasteiger partial charge in [-0.1, -0.05) is 18.1 Å². The van der Waals surface area contributed by atoms with Gasteiger partial charge < -0.3 is 20.5 Å². The number of urea groups is 1. The number of para-hydroxylation sites is 2. The summed E-state index contributed by atoms with van der Waals surface area (Å²) in [5.74, 6) is 1.93. The number of benzene rings is 1. The molecular formula is C14H16N2O4. The largest absolute Gasteiger partial charge is 0.481 e. The monoisotopic (exact) mass is 276 g/mol. The fraction of sp³-hybridized carbons (Fsp3) is 0.286. The van der Waals surface area contributed by atoms with Crippen molar-refractivity contribution in [2.75, 3.05) is 18.5 Å². The van der Waals surface area contributed by atoms with Crippen LogP contribution < -0.4 is 15.4 Å². The molecular weight excluding hydrogens is 260 g/mol. The Hall–Kier alpha value is -2.68. The second kappa shape index (κ2) is 8.43. The summed E-state index contributed by atoms with van der Waals surface area (Å²) in [6, 6.07) is 6.47. The van der Waals surface area contributed by atoms with Crippen molar-refractivity contribution in [2.24, 2.45) is 0 Å². The molecule has 1 aromatic rings. The first-order valence-electron chi connectivity index (χ1n) is 6.05. The van der Waals surface area contributed by atoms with Crippen molar-refractivity contribution >= 4 is 17.7 Å². The standard InChI is InChI=1S/C14H16N2O4/c1-2-10-20-12-7-4-3-6-11(12)16-14(19)15-9-5-8-13(17)18/h1,3-4,6-7H,5,8-10H2,(H,17,18)(H2,15,16,19). The third-order valence-electron chi connectivity index (χ3n) is 2.30. The first kappa shape index (κ1) is 15.4. The summed E-state index contributed by atoms with van der Waals surface area (Å²) in [6.45, 7) is 0.393. The predicted molar refractivity (Wildman–Crippen MR) is 74.7 cm³/mol. The number of hydrogen-bond acceptors (Lipinski definition) is 3. The molecule has 2 amide bonds. The lowest BCUT2D eigenvalue weighted by atomic mass is 10.3. The zero-order chi connectivity index (χ0) is 14.8. The van der Waals surface area contributed by atoms with Crippen molar-refractivity contribution in [2.45, 2.75) is 12.8 Å². The number of terminal acetylenes is 1. The molecule has 6 heteroatoms. The Morgan fingerprint density at radius 2 is 2.10 bits per heavy atom. The third-order valence-corrected chi connectivity index (χ3v) is 2.30. The SMILES string of the molecule is C#CCOc1ccccc1NC(=O)NCCCC(=O)O. The van der Waals surface area contributed by atoms with E-state index in [-0.39, 0.29) is 19.6 Å². The van der Waals surface area contributed by atoms with E-state index in [0.717, 1.165) is 0 Å². The Labute approximate surface area is 117 Å². The van der Waals surface area contributed by atoms with Crippen LogP contribution in [0.1, 0.15) is 12.8 Å². The summed E-state index contributed by atoms with van der Waals surface area (Å²) in [5.41, 5.74) is 0.499. The zero-order valence-corrected chi connectivity index (χ0v) is 10.9. The van der Waals surface area contributed by atoms with Crippen molar-refractivity contribution in [1.29, 1.82) is 0 Å². The normalized spacial score (nSPS) is 9.35. The predicted octanol–water partition coefficient (Wildman–Crippen LogP) is 1.68. The number of carbonyl (C=O) groups excluding carboxylic acids is 1. The number of nitrogens with one attached hydrogen (secondary N) is 2. The van der Waals surface area contributed by atoms with Gasteiger partial charge in [-0.3, -0.25) is 4.79 Å². The van der Waals surface area contributed by atoms with Crippen LogP contribution in [0.2, 0.25) is 0 Å². The highest BCUT2D eigenvalue weighted by atomic mass is 16.5. The molecule has 0 spiro atoms. The molecule has 6 nitrogen and oxygen atoms in total. The van der Waals surface area contributed by atoms with E-state index in [2.05, 4.69) is 16.6 Å². The zero-order valence-electron chi connectivity index (χ0n) is 10.9. The van der Waals surface area contributed by atoms with E-state index in [1.165, 1.54) is 0 Å². The third kappa shape index (κ3) is 5.78. The number of carboxylic acid groups (broad SMARTS) is 1. The van der Waals surface area contributed by atoms with Crippen LogP contribution in [0.5, 0.6) is 5.75 Å². The molecule has 20 heavy (non-hydrogen) atoms. The van der Waals surface area contributed by atoms with E-state index < -0.39 is 12.0 Å². The minimum Gasteiger partial charge on any atom is -0.481 e. The van der Waals surface area contributed by atoms with Crippen molar-refractivity contribution in [3.63, 3.8) is 0 Å². The van der Waals surface area contributed by atoms with Gasteiger partial charge in [-0.05, 0) is 18.6 Å². The summed E-state index contributed by atoms with van der Waals surface area (Å²) >= 11 is 0. The molecule has 0 unspecified atom stereocenters. The van der Waals surface area contributed by atoms with Gasteiger partial charge in [-0.15, -0.1) is 6.42 Å². The van der Waals surface area contributed by atoms with Crippen LogP contribution in [0, 0.1) is 12.3 Å². The molecule has 0 radical (unpaired) electrons. The van der Waals surface area contributed by atoms with E-state index in [9.17, 15) is 9.59 Å². The summed E-state index contributed by atoms with van der Waals surface area (Å²) in [7, 11) is 0. The smallest absolute Gasteiger partial charge is 0.319 e. The Bertz CT molecular complexity index is 508. The number of carboxylic acids is 1. The molecule has 0 saturated carbocycles. The molecule has 0 atom stereocenters. The van der Waals surface area contributed by atoms with Crippen LogP contribution in [-0.2, 0) is 4.79 Å². The Kier molecular flexibility index (Phi) is 6.48. The van der Waals surface area contributed by atoms with Crippen LogP contribution in [0.3, 0.4) is 0 Å². The van der Waals surface area contributed by atoms with Crippen LogP contribution in [0.4, 0.5) is 10.5 Å². The van der Waals surface area contributed by atoms with E-state index in [1.54, 1.807) is 24.3 Å². The van der Waals surface area contributed by atoms with E-state index in [0.29, 0.717) is 17.9 Å². The van der Waals surface area contributed by atoms with Gasteiger partial charge in [0.2, 0.25) is 0 Å². The van der Waals surface area contributed by atoms with Gasteiger partial charge in [0.25, 0.3) is 0 Å². The van der Waals surface area contributed by atoms with E-state index in [4.69, 9.17) is 16.3 Å². The second-order valence-electron chi connectivity index (χ2n) is 3.87. The molecule has 0 bridgehead atoms. The van der Waals surface area contributed by atoms with E-state index in [1.807, 2.05) is 0 Å². The van der Waals surface area contributed by atoms with Crippen molar-refractivity contribution in [1.82, 2.24) is 5.32 Å². The van der Waals surface area contributed by atoms with Crippen LogP contribution in [-0.4, -0.2) is 30.3 Å². The molecule has 0 heterocycles. The lowest BCUT2D eigenvalue weighted by Crippen LogP contribution is -2.30. The molecule has 1 aromatic carbocycles. The maximum atomic E-state index is 11.6. The van der Waals surface area contributed by atoms with Crippen LogP contribution in [0.25, 0.3) is 0 Å². The van der Waals surface area contributed by atoms with Crippen molar-refractivity contribution in [3.05, 3.63) is 24.3 Å². The van der Waals surface area contributed by atoms with E-state index >= 15 is 0 Å². The van der Waals surface area contributed by atoms with Gasteiger partial charge in [-0.25, -0.2) is 4.79 Å². The van der Waals surface area contributed by atoms with Crippen LogP contribution in [0.15, 0.2) is 24.3 Å². The number of anilines is 1. The number of hydrogen-bond donors (Lipinski definition) is 3. The van der Waals surface area contributed by atoms with Gasteiger partial charge in [0.05, 0.1) is 5.69 Å². The second-order valence-corrected chi connectivity index (χ2v) is 3.87. The molecule has 0 aliphatic carbocycles. The van der Waals surface area contributed by atoms with Gasteiger partial charge in [0.15, 0.2) is 0 Å². The summed E-state index contributed by atoms with van der Waals surface area (Å²) in [6.07, 6.45) is 5.50. The number of amides is 2. The number of rotatable bonds is 7. The highest BCUT2D eigenvalue weighted by Gasteiger charge is 2.06. The average Bonchev–Trinajstić information content (AvgIpc) is 2.42. The topological polar surface area (TPSA) is 87.7 Å². The van der Waals surface area contributed by atoms with Gasteiger partial charge in [0, 0.05) is 13.0 Å². The lowest BCUT2D eigenvalue weighted by Gasteiger charge is -2.11. The minimum absolute atomic E-state index is 0.0160. The Morgan fingerprint density at radius 1 is 1.35 bits per heavy atom. The fourth-order valence-corrected chi connectivity index (χ4v) is 1.42. The number of carbonyl (C=O) groups is 2. The number of ether oxygens (including phenoxy) is 1. The van der Waals surface area contributed by atoms with Gasteiger partial charge in [-0.2, -0.15) is 0 Å². The first-order valence-corrected chi connectivity index (χ1v) is 6.05. The van der Waals surface area contributed by atoms with Crippen molar-refractivity contribution in [3.8, 4) is 18.1 Å². The molecule has 3 N–H and O–H groups in total. The number of aliphatic carboxylic acids is 1. The molecule has 0 fully saturated rings. The Morgan fingerprint density at radius 3 is 2.80 bits per heavy atom. The molecule has 0 aromatic heterocycles. The highest BCUT2D eigenvalue weighted by Crippen LogP contribution is 2.23. The Balaban J connectivity index is 2.45. The molecule has 0 aliphatic rings. The van der Waals surface area contributed by atoms with Gasteiger partial charge >= 0.3 is 12.0 Å². The molecule has 0 saturated heterocycles. The molecule has 0 aliphatic heterocycles. The van der Waals surface area contributed by atoms with Gasteiger partial charge in [0.1, 0.15) is 12.4 Å². The fourth-order valence-electron chi connectivity index (χ4n) is 1.42. The van der Waals surface area contributed by atoms with Crippen LogP contribution >= 0.6 is 0 Å². The summed E-state index contributed by atoms with van der Waals surface area (Å²) < 4.78 is 5.29. The minimum atomic E-state index is -0.889. The molecule has 106 valence electrons. The highest BCUT2D eigenvalue weighted by molar-refractivity contribution is 5.90. The summed E-state index contributed by atoms with van der Waals surface area (Å²) in [5, 5.41) is 13.6. The maximum Gasteiger partial charge on any atom is 0.319 e. The average molecular weight is 276 g/mol. The molecule has 1 rings (SSSR count). The lowest BCUT2D eigenvalue weighted by molar-refractivity contribution is -0.137. The maximum absolute atomic E-state index is 11.6. The summed E-state index contributed by atoms with van der Waals surface area (Å²) in [4.78, 5) is 21.9. The first-order chi connectivity index (χ1) is 9.63. The van der Waals surface area contributed by atoms with Crippen molar-refractivity contribution < 1.29 is 19.4 Å². The quantitative estimate of drug-likeness (QED) is 0.522.